The second-order valence-electron chi connectivity index (χ2n) is 9.67. The molecule has 4 rings (SSSR count). The molecular formula is C31H35NO9. The Bertz CT molecular complexity index is 1230. The van der Waals surface area contributed by atoms with E-state index in [4.69, 9.17) is 23.7 Å². The number of ketones is 1. The number of imide groups is 1. The molecule has 2 heterocycles. The van der Waals surface area contributed by atoms with Crippen molar-refractivity contribution < 1.29 is 43.2 Å². The van der Waals surface area contributed by atoms with Gasteiger partial charge < -0.3 is 28.8 Å². The molecule has 2 aromatic rings. The average molecular weight is 566 g/mol. The maximum absolute atomic E-state index is 13.4. The monoisotopic (exact) mass is 565 g/mol. The summed E-state index contributed by atoms with van der Waals surface area (Å²) in [5.41, 5.74) is 1.76. The SMILES string of the molecule is CO[C@H](C(=O)N1C(=O)O[C@H](c2ccccc2)[C@@H]1C)[C@@H]1OC(=CCCOC[C@@H](CO)OCc2ccccc2)C=CC1=O. The summed E-state index contributed by atoms with van der Waals surface area (Å²) in [6.07, 6.45) is 0.448. The Morgan fingerprint density at radius 3 is 2.44 bits per heavy atom. The molecular weight excluding hydrogens is 530 g/mol. The van der Waals surface area contributed by atoms with Crippen molar-refractivity contribution in [1.29, 1.82) is 0 Å². The van der Waals surface area contributed by atoms with Crippen LogP contribution in [0.15, 0.2) is 84.7 Å². The highest BCUT2D eigenvalue weighted by molar-refractivity contribution is 6.03. The number of nitrogens with zero attached hydrogens (tertiary/aromatic N) is 1. The smallest absolute Gasteiger partial charge is 0.417 e. The van der Waals surface area contributed by atoms with Gasteiger partial charge in [0.1, 0.15) is 18.0 Å². The molecule has 0 bridgehead atoms. The quantitative estimate of drug-likeness (QED) is 0.364. The van der Waals surface area contributed by atoms with Crippen molar-refractivity contribution in [2.45, 2.75) is 50.4 Å². The molecule has 10 nitrogen and oxygen atoms in total. The van der Waals surface area contributed by atoms with Crippen LogP contribution >= 0.6 is 0 Å². The van der Waals surface area contributed by atoms with Crippen LogP contribution in [0.1, 0.15) is 30.6 Å². The Balaban J connectivity index is 1.30. The van der Waals surface area contributed by atoms with Gasteiger partial charge in [-0.25, -0.2) is 9.69 Å². The van der Waals surface area contributed by atoms with Crippen LogP contribution in [0.25, 0.3) is 0 Å². The molecule has 2 aliphatic rings. The Kier molecular flexibility index (Phi) is 10.8. The predicted octanol–water partition coefficient (Wildman–Crippen LogP) is 3.50. The van der Waals surface area contributed by atoms with E-state index in [0.717, 1.165) is 16.0 Å². The molecule has 0 saturated carbocycles. The molecule has 41 heavy (non-hydrogen) atoms. The molecule has 0 radical (unpaired) electrons. The lowest BCUT2D eigenvalue weighted by molar-refractivity contribution is -0.153. The molecule has 0 aromatic heterocycles. The summed E-state index contributed by atoms with van der Waals surface area (Å²) in [4.78, 5) is 39.8. The second kappa shape index (κ2) is 14.7. The zero-order valence-corrected chi connectivity index (χ0v) is 23.1. The van der Waals surface area contributed by atoms with Crippen molar-refractivity contribution in [3.8, 4) is 0 Å². The summed E-state index contributed by atoms with van der Waals surface area (Å²) >= 11 is 0. The van der Waals surface area contributed by atoms with Gasteiger partial charge in [0, 0.05) is 7.11 Å². The van der Waals surface area contributed by atoms with Crippen molar-refractivity contribution in [1.82, 2.24) is 4.90 Å². The number of hydrogen-bond acceptors (Lipinski definition) is 9. The zero-order valence-electron chi connectivity index (χ0n) is 23.1. The lowest BCUT2D eigenvalue weighted by Gasteiger charge is -2.30. The van der Waals surface area contributed by atoms with Crippen molar-refractivity contribution >= 4 is 17.8 Å². The van der Waals surface area contributed by atoms with Gasteiger partial charge in [-0.15, -0.1) is 0 Å². The van der Waals surface area contributed by atoms with Crippen LogP contribution in [0.2, 0.25) is 0 Å². The lowest BCUT2D eigenvalue weighted by atomic mass is 10.0. The Morgan fingerprint density at radius 2 is 1.76 bits per heavy atom. The average Bonchev–Trinajstić information content (AvgIpc) is 3.30. The van der Waals surface area contributed by atoms with E-state index >= 15 is 0 Å². The molecule has 1 fully saturated rings. The number of carbonyl (C=O) groups is 3. The molecule has 10 heteroatoms. The first-order valence-corrected chi connectivity index (χ1v) is 13.5. The Labute approximate surface area is 239 Å². The van der Waals surface area contributed by atoms with Gasteiger partial charge in [0.15, 0.2) is 18.0 Å². The fraction of sp³-hybridized carbons (Fsp3) is 0.387. The summed E-state index contributed by atoms with van der Waals surface area (Å²) in [6.45, 7) is 2.42. The van der Waals surface area contributed by atoms with Gasteiger partial charge in [-0.05, 0) is 42.7 Å². The number of rotatable bonds is 13. The van der Waals surface area contributed by atoms with Gasteiger partial charge in [-0.2, -0.15) is 0 Å². The van der Waals surface area contributed by atoms with Crippen LogP contribution in [-0.4, -0.2) is 79.1 Å². The van der Waals surface area contributed by atoms with Crippen LogP contribution in [0, 0.1) is 0 Å². The molecule has 218 valence electrons. The van der Waals surface area contributed by atoms with Crippen LogP contribution < -0.4 is 0 Å². The van der Waals surface area contributed by atoms with Gasteiger partial charge >= 0.3 is 6.09 Å². The second-order valence-corrected chi connectivity index (χ2v) is 9.67. The van der Waals surface area contributed by atoms with E-state index in [1.54, 1.807) is 13.0 Å². The number of benzene rings is 2. The summed E-state index contributed by atoms with van der Waals surface area (Å²) < 4.78 is 28.1. The number of methoxy groups -OCH3 is 1. The molecule has 1 saturated heterocycles. The molecule has 2 amide bonds. The van der Waals surface area contributed by atoms with Gasteiger partial charge in [-0.3, -0.25) is 9.59 Å². The number of allylic oxidation sites excluding steroid dienone is 1. The fourth-order valence-electron chi connectivity index (χ4n) is 4.61. The van der Waals surface area contributed by atoms with E-state index < -0.39 is 48.2 Å². The number of ether oxygens (including phenoxy) is 5. The number of hydrogen-bond donors (Lipinski definition) is 1. The van der Waals surface area contributed by atoms with Gasteiger partial charge in [0.25, 0.3) is 5.91 Å². The summed E-state index contributed by atoms with van der Waals surface area (Å²) in [5, 5.41) is 9.57. The first kappa shape index (κ1) is 30.1. The van der Waals surface area contributed by atoms with Crippen LogP contribution in [0.3, 0.4) is 0 Å². The molecule has 2 aromatic carbocycles. The van der Waals surface area contributed by atoms with Crippen molar-refractivity contribution in [3.63, 3.8) is 0 Å². The first-order chi connectivity index (χ1) is 19.9. The maximum Gasteiger partial charge on any atom is 0.417 e. The molecule has 5 atom stereocenters. The number of cyclic esters (lactones) is 1. The molecule has 0 unspecified atom stereocenters. The fourth-order valence-corrected chi connectivity index (χ4v) is 4.61. The van der Waals surface area contributed by atoms with Gasteiger partial charge in [0.2, 0.25) is 0 Å². The number of amides is 2. The molecule has 2 aliphatic heterocycles. The number of carbonyl (C=O) groups excluding carboxylic acids is 3. The molecule has 0 aliphatic carbocycles. The van der Waals surface area contributed by atoms with Crippen LogP contribution in [-0.2, 0) is 39.9 Å². The van der Waals surface area contributed by atoms with Crippen molar-refractivity contribution in [3.05, 3.63) is 95.8 Å². The van der Waals surface area contributed by atoms with E-state index in [1.807, 2.05) is 60.7 Å². The largest absolute Gasteiger partial charge is 0.479 e. The third-order valence-electron chi connectivity index (χ3n) is 6.81. The summed E-state index contributed by atoms with van der Waals surface area (Å²) in [5.74, 6) is -0.809. The van der Waals surface area contributed by atoms with Crippen LogP contribution in [0.4, 0.5) is 4.79 Å². The zero-order chi connectivity index (χ0) is 29.2. The third kappa shape index (κ3) is 7.68. The summed E-state index contributed by atoms with van der Waals surface area (Å²) in [7, 11) is 1.28. The molecule has 1 N–H and O–H groups in total. The minimum absolute atomic E-state index is 0.175. The highest BCUT2D eigenvalue weighted by Crippen LogP contribution is 2.33. The van der Waals surface area contributed by atoms with Crippen molar-refractivity contribution in [2.24, 2.45) is 0 Å². The third-order valence-corrected chi connectivity index (χ3v) is 6.81. The van der Waals surface area contributed by atoms with Crippen LogP contribution in [0.5, 0.6) is 0 Å². The maximum atomic E-state index is 13.4. The Hall–Kier alpha value is -3.83. The van der Waals surface area contributed by atoms with E-state index in [2.05, 4.69) is 0 Å². The van der Waals surface area contributed by atoms with E-state index in [-0.39, 0.29) is 13.2 Å². The standard InChI is InChI=1S/C31H35NO9/c1-21-27(23-12-7-4-8-13-23)41-31(36)32(21)30(35)29(37-2)28-26(34)16-15-24(40-28)14-9-17-38-20-25(18-33)39-19-22-10-5-3-6-11-22/h3-8,10-16,21,25,27-29,33H,9,17-20H2,1-2H3/t21-,25+,27-,28+,29-/m0/s1. The minimum Gasteiger partial charge on any atom is -0.479 e. The predicted molar refractivity (Wildman–Crippen MR) is 147 cm³/mol. The number of aliphatic hydroxyl groups excluding tert-OH is 1. The van der Waals surface area contributed by atoms with Gasteiger partial charge in [0.05, 0.1) is 32.5 Å². The number of aliphatic hydroxyl groups is 1. The minimum atomic E-state index is -1.36. The summed E-state index contributed by atoms with van der Waals surface area (Å²) in [6, 6.07) is 18.2. The normalized spacial score (nSPS) is 22.9. The Morgan fingerprint density at radius 1 is 1.05 bits per heavy atom. The lowest BCUT2D eigenvalue weighted by Crippen LogP contribution is -2.52. The molecule has 0 spiro atoms. The highest BCUT2D eigenvalue weighted by Gasteiger charge is 2.48. The van der Waals surface area contributed by atoms with Gasteiger partial charge in [-0.1, -0.05) is 60.7 Å². The first-order valence-electron chi connectivity index (χ1n) is 13.5. The van der Waals surface area contributed by atoms with Crippen molar-refractivity contribution in [2.75, 3.05) is 26.9 Å². The van der Waals surface area contributed by atoms with E-state index in [9.17, 15) is 19.5 Å². The van der Waals surface area contributed by atoms with E-state index in [1.165, 1.54) is 19.3 Å². The highest BCUT2D eigenvalue weighted by atomic mass is 16.6. The van der Waals surface area contributed by atoms with E-state index in [0.29, 0.717) is 25.4 Å². The topological polar surface area (TPSA) is 121 Å².